The lowest BCUT2D eigenvalue weighted by atomic mass is 10.1. The van der Waals surface area contributed by atoms with E-state index in [9.17, 15) is 14.9 Å². The Labute approximate surface area is 166 Å². The molecule has 1 N–H and O–H groups in total. The quantitative estimate of drug-likeness (QED) is 0.386. The number of anilines is 1. The van der Waals surface area contributed by atoms with E-state index in [0.717, 1.165) is 17.0 Å². The first-order valence-electron chi connectivity index (χ1n) is 8.49. The fraction of sp³-hybridized carbons (Fsp3) is 0.211. The molecule has 144 valence electrons. The first-order valence-corrected chi connectivity index (χ1v) is 9.48. The summed E-state index contributed by atoms with van der Waals surface area (Å²) < 4.78 is 1.83. The van der Waals surface area contributed by atoms with Gasteiger partial charge in [0.1, 0.15) is 0 Å². The minimum absolute atomic E-state index is 0.0264. The van der Waals surface area contributed by atoms with Crippen LogP contribution in [-0.4, -0.2) is 31.3 Å². The molecule has 3 aromatic rings. The van der Waals surface area contributed by atoms with Crippen molar-refractivity contribution >= 4 is 29.0 Å². The average molecular weight is 397 g/mol. The Morgan fingerprint density at radius 1 is 1.18 bits per heavy atom. The van der Waals surface area contributed by atoms with Crippen LogP contribution in [0.4, 0.5) is 11.4 Å². The molecule has 9 heteroatoms. The summed E-state index contributed by atoms with van der Waals surface area (Å²) in [6, 6.07) is 12.6. The highest BCUT2D eigenvalue weighted by atomic mass is 32.2. The molecule has 0 unspecified atom stereocenters. The Bertz CT molecular complexity index is 1030. The summed E-state index contributed by atoms with van der Waals surface area (Å²) >= 11 is 1.25. The van der Waals surface area contributed by atoms with Crippen molar-refractivity contribution in [1.82, 2.24) is 14.8 Å². The maximum absolute atomic E-state index is 12.2. The molecule has 0 spiro atoms. The van der Waals surface area contributed by atoms with Gasteiger partial charge in [-0.05, 0) is 19.9 Å². The van der Waals surface area contributed by atoms with Crippen molar-refractivity contribution in [3.05, 3.63) is 63.7 Å². The fourth-order valence-electron chi connectivity index (χ4n) is 2.61. The van der Waals surface area contributed by atoms with Gasteiger partial charge in [-0.1, -0.05) is 47.7 Å². The highest BCUT2D eigenvalue weighted by molar-refractivity contribution is 7.99. The van der Waals surface area contributed by atoms with Gasteiger partial charge in [-0.25, -0.2) is 0 Å². The van der Waals surface area contributed by atoms with Crippen LogP contribution in [0.1, 0.15) is 11.1 Å². The van der Waals surface area contributed by atoms with Crippen molar-refractivity contribution in [2.75, 3.05) is 11.1 Å². The molecular weight excluding hydrogens is 378 g/mol. The van der Waals surface area contributed by atoms with Crippen molar-refractivity contribution in [2.24, 2.45) is 7.05 Å². The van der Waals surface area contributed by atoms with Crippen LogP contribution in [0.3, 0.4) is 0 Å². The van der Waals surface area contributed by atoms with Gasteiger partial charge in [-0.15, -0.1) is 10.2 Å². The average Bonchev–Trinajstić information content (AvgIpc) is 3.02. The summed E-state index contributed by atoms with van der Waals surface area (Å²) in [6.07, 6.45) is 0. The fourth-order valence-corrected chi connectivity index (χ4v) is 3.32. The van der Waals surface area contributed by atoms with Crippen LogP contribution in [0, 0.1) is 24.0 Å². The van der Waals surface area contributed by atoms with Crippen molar-refractivity contribution in [3.8, 4) is 11.4 Å². The van der Waals surface area contributed by atoms with Crippen LogP contribution >= 0.6 is 11.8 Å². The van der Waals surface area contributed by atoms with Crippen molar-refractivity contribution in [3.63, 3.8) is 0 Å². The summed E-state index contributed by atoms with van der Waals surface area (Å²) in [5.74, 6) is 0.557. The molecule has 0 aliphatic heterocycles. The third-order valence-corrected chi connectivity index (χ3v) is 5.19. The number of amides is 1. The van der Waals surface area contributed by atoms with Crippen molar-refractivity contribution in [2.45, 2.75) is 19.0 Å². The first kappa shape index (κ1) is 19.6. The lowest BCUT2D eigenvalue weighted by Crippen LogP contribution is -2.14. The monoisotopic (exact) mass is 397 g/mol. The van der Waals surface area contributed by atoms with Crippen LogP contribution in [-0.2, 0) is 11.8 Å². The highest BCUT2D eigenvalue weighted by Gasteiger charge is 2.15. The van der Waals surface area contributed by atoms with Crippen LogP contribution in [0.15, 0.2) is 47.6 Å². The Hall–Kier alpha value is -3.20. The summed E-state index contributed by atoms with van der Waals surface area (Å²) in [4.78, 5) is 22.8. The summed E-state index contributed by atoms with van der Waals surface area (Å²) in [6.45, 7) is 3.67. The number of carbonyl (C=O) groups excluding carboxylic acids is 1. The normalized spacial score (nSPS) is 10.7. The van der Waals surface area contributed by atoms with E-state index >= 15 is 0 Å². The van der Waals surface area contributed by atoms with Gasteiger partial charge in [0, 0.05) is 29.9 Å². The molecule has 28 heavy (non-hydrogen) atoms. The number of nitrogens with one attached hydrogen (secondary N) is 1. The number of carbonyl (C=O) groups is 1. The number of thioether (sulfide) groups is 1. The largest absolute Gasteiger partial charge is 0.325 e. The zero-order valence-corrected chi connectivity index (χ0v) is 16.5. The number of aryl methyl sites for hydroxylation is 2. The van der Waals surface area contributed by atoms with Gasteiger partial charge in [0.15, 0.2) is 11.0 Å². The molecule has 0 radical (unpaired) electrons. The highest BCUT2D eigenvalue weighted by Crippen LogP contribution is 2.24. The van der Waals surface area contributed by atoms with Gasteiger partial charge in [0.25, 0.3) is 5.69 Å². The zero-order chi connectivity index (χ0) is 20.3. The Balaban J connectivity index is 1.65. The standard InChI is InChI=1S/C19H19N5O3S/c1-12-4-7-14(8-5-12)18-21-22-19(23(18)3)28-11-17(25)20-15-9-6-13(2)16(10-15)24(26)27/h4-10H,11H2,1-3H3,(H,20,25). The van der Waals surface area contributed by atoms with E-state index in [1.54, 1.807) is 19.1 Å². The molecule has 1 heterocycles. The second-order valence-electron chi connectivity index (χ2n) is 6.33. The van der Waals surface area contributed by atoms with Gasteiger partial charge >= 0.3 is 0 Å². The van der Waals surface area contributed by atoms with Gasteiger partial charge in [-0.2, -0.15) is 0 Å². The Morgan fingerprint density at radius 3 is 2.57 bits per heavy atom. The third-order valence-electron chi connectivity index (χ3n) is 4.17. The summed E-state index contributed by atoms with van der Waals surface area (Å²) in [5.41, 5.74) is 3.01. The van der Waals surface area contributed by atoms with E-state index in [1.165, 1.54) is 17.8 Å². The summed E-state index contributed by atoms with van der Waals surface area (Å²) in [7, 11) is 1.85. The zero-order valence-electron chi connectivity index (χ0n) is 15.7. The van der Waals surface area contributed by atoms with Gasteiger partial charge in [-0.3, -0.25) is 14.9 Å². The third kappa shape index (κ3) is 4.37. The van der Waals surface area contributed by atoms with E-state index in [4.69, 9.17) is 0 Å². The number of benzene rings is 2. The molecule has 8 nitrogen and oxygen atoms in total. The minimum Gasteiger partial charge on any atom is -0.325 e. The number of nitro groups is 1. The number of aromatic nitrogens is 3. The minimum atomic E-state index is -0.466. The lowest BCUT2D eigenvalue weighted by Gasteiger charge is -2.07. The number of nitro benzene ring substituents is 1. The molecule has 0 atom stereocenters. The predicted octanol–water partition coefficient (Wildman–Crippen LogP) is 3.74. The van der Waals surface area contributed by atoms with Gasteiger partial charge in [0.05, 0.1) is 10.7 Å². The molecule has 0 fully saturated rings. The number of rotatable bonds is 6. The molecule has 0 bridgehead atoms. The van der Waals surface area contributed by atoms with Crippen molar-refractivity contribution < 1.29 is 9.72 Å². The number of nitrogens with zero attached hydrogens (tertiary/aromatic N) is 4. The molecule has 1 amide bonds. The molecule has 0 aliphatic rings. The van der Waals surface area contributed by atoms with Gasteiger partial charge < -0.3 is 9.88 Å². The van der Waals surface area contributed by atoms with Crippen LogP contribution in [0.5, 0.6) is 0 Å². The SMILES string of the molecule is Cc1ccc(-c2nnc(SCC(=O)Nc3ccc(C)c([N+](=O)[O-])c3)n2C)cc1. The smallest absolute Gasteiger partial charge is 0.274 e. The molecule has 0 aliphatic carbocycles. The molecule has 0 saturated heterocycles. The van der Waals surface area contributed by atoms with Crippen LogP contribution in [0.2, 0.25) is 0 Å². The molecular formula is C19H19N5O3S. The first-order chi connectivity index (χ1) is 13.3. The lowest BCUT2D eigenvalue weighted by molar-refractivity contribution is -0.385. The topological polar surface area (TPSA) is 103 Å². The van der Waals surface area contributed by atoms with E-state index < -0.39 is 4.92 Å². The maximum atomic E-state index is 12.2. The number of hydrogen-bond acceptors (Lipinski definition) is 6. The van der Waals surface area contributed by atoms with E-state index in [-0.39, 0.29) is 17.3 Å². The molecule has 1 aromatic heterocycles. The Morgan fingerprint density at radius 2 is 1.89 bits per heavy atom. The molecule has 0 saturated carbocycles. The van der Waals surface area contributed by atoms with E-state index in [1.807, 2.05) is 42.8 Å². The van der Waals surface area contributed by atoms with E-state index in [2.05, 4.69) is 15.5 Å². The van der Waals surface area contributed by atoms with Gasteiger partial charge in [0.2, 0.25) is 5.91 Å². The van der Waals surface area contributed by atoms with E-state index in [0.29, 0.717) is 16.4 Å². The number of hydrogen-bond donors (Lipinski definition) is 1. The Kier molecular flexibility index (Phi) is 5.74. The second-order valence-corrected chi connectivity index (χ2v) is 7.27. The van der Waals surface area contributed by atoms with Crippen molar-refractivity contribution in [1.29, 1.82) is 0 Å². The molecule has 3 rings (SSSR count). The van der Waals surface area contributed by atoms with Crippen LogP contribution < -0.4 is 5.32 Å². The maximum Gasteiger partial charge on any atom is 0.274 e. The molecule has 2 aromatic carbocycles. The predicted molar refractivity (Wildman–Crippen MR) is 108 cm³/mol. The second kappa shape index (κ2) is 8.22. The summed E-state index contributed by atoms with van der Waals surface area (Å²) in [5, 5.41) is 22.7. The van der Waals surface area contributed by atoms with Crippen LogP contribution in [0.25, 0.3) is 11.4 Å².